The molecule has 2 aromatic rings. The van der Waals surface area contributed by atoms with Crippen LogP contribution in [0, 0.1) is 10.8 Å². The average molecular weight is 316 g/mol. The molecule has 1 heterocycles. The van der Waals surface area contributed by atoms with E-state index < -0.39 is 6.36 Å². The van der Waals surface area contributed by atoms with Gasteiger partial charge in [0.05, 0.1) is 0 Å². The molecule has 0 amide bonds. The smallest absolute Gasteiger partial charge is 0.406 e. The highest BCUT2D eigenvalue weighted by Crippen LogP contribution is 2.26. The Labute approximate surface area is 122 Å². The number of hydrogen-bond donors (Lipinski definition) is 2. The third-order valence-corrected chi connectivity index (χ3v) is 2.76. The van der Waals surface area contributed by atoms with Crippen LogP contribution in [0.3, 0.4) is 0 Å². The van der Waals surface area contributed by atoms with Crippen LogP contribution in [0.15, 0.2) is 42.6 Å². The minimum absolute atomic E-state index is 0.0239. The van der Waals surface area contributed by atoms with Crippen molar-refractivity contribution in [1.82, 2.24) is 4.57 Å². The zero-order chi connectivity index (χ0) is 15.6. The number of alkyl halides is 3. The van der Waals surface area contributed by atoms with E-state index in [2.05, 4.69) is 4.74 Å². The second kappa shape index (κ2) is 5.61. The van der Waals surface area contributed by atoms with Crippen molar-refractivity contribution < 1.29 is 17.9 Å². The molecule has 4 nitrogen and oxygen atoms in total. The lowest BCUT2D eigenvalue weighted by molar-refractivity contribution is -0.274. The van der Waals surface area contributed by atoms with E-state index in [0.29, 0.717) is 11.1 Å². The molecule has 0 saturated heterocycles. The fourth-order valence-electron chi connectivity index (χ4n) is 1.68. The summed E-state index contributed by atoms with van der Waals surface area (Å²) in [7, 11) is 0. The summed E-state index contributed by atoms with van der Waals surface area (Å²) in [5.74, 6) is -0.318. The van der Waals surface area contributed by atoms with Gasteiger partial charge in [0, 0.05) is 6.20 Å². The van der Waals surface area contributed by atoms with E-state index in [9.17, 15) is 13.2 Å². The van der Waals surface area contributed by atoms with Gasteiger partial charge in [-0.25, -0.2) is 0 Å². The number of nitrogens with one attached hydrogen (secondary N) is 2. The zero-order valence-corrected chi connectivity index (χ0v) is 11.2. The molecule has 2 N–H and O–H groups in total. The molecule has 21 heavy (non-hydrogen) atoms. The Balaban J connectivity index is 2.33. The lowest BCUT2D eigenvalue weighted by Gasteiger charge is -2.10. The minimum Gasteiger partial charge on any atom is -0.406 e. The predicted molar refractivity (Wildman–Crippen MR) is 71.4 cm³/mol. The largest absolute Gasteiger partial charge is 0.573 e. The number of halogens is 4. The number of benzene rings is 1. The Bertz CT molecular complexity index is 723. The second-order valence-electron chi connectivity index (χ2n) is 4.04. The summed E-state index contributed by atoms with van der Waals surface area (Å²) in [6, 6.07) is 8.32. The van der Waals surface area contributed by atoms with E-state index in [-0.39, 0.29) is 16.5 Å². The van der Waals surface area contributed by atoms with Gasteiger partial charge in [0.2, 0.25) is 5.29 Å². The molecule has 0 bridgehead atoms. The predicted octanol–water partition coefficient (Wildman–Crippen LogP) is 3.55. The minimum atomic E-state index is -4.73. The Morgan fingerprint density at radius 1 is 1.05 bits per heavy atom. The van der Waals surface area contributed by atoms with Gasteiger partial charge >= 0.3 is 6.36 Å². The zero-order valence-electron chi connectivity index (χ0n) is 10.4. The molecule has 0 radical (unpaired) electrons. The first-order valence-electron chi connectivity index (χ1n) is 5.64. The maximum Gasteiger partial charge on any atom is 0.573 e. The van der Waals surface area contributed by atoms with Gasteiger partial charge < -0.3 is 4.74 Å². The van der Waals surface area contributed by atoms with Crippen molar-refractivity contribution in [1.29, 1.82) is 10.8 Å². The Morgan fingerprint density at radius 3 is 2.14 bits per heavy atom. The third kappa shape index (κ3) is 3.85. The molecule has 0 aliphatic carbocycles. The second-order valence-corrected chi connectivity index (χ2v) is 4.39. The Kier molecular flexibility index (Phi) is 4.04. The highest BCUT2D eigenvalue weighted by molar-refractivity contribution is 6.64. The van der Waals surface area contributed by atoms with Gasteiger partial charge in [-0.15, -0.1) is 13.2 Å². The monoisotopic (exact) mass is 315 g/mol. The number of ether oxygens (including phenoxy) is 1. The average Bonchev–Trinajstić information content (AvgIpc) is 2.38. The quantitative estimate of drug-likeness (QED) is 0.646. The molecule has 0 unspecified atom stereocenters. The Morgan fingerprint density at radius 2 is 1.62 bits per heavy atom. The summed E-state index contributed by atoms with van der Waals surface area (Å²) in [5, 5.41) is 14.6. The van der Waals surface area contributed by atoms with Gasteiger partial charge in [0.1, 0.15) is 11.2 Å². The molecule has 110 valence electrons. The molecular weight excluding hydrogens is 307 g/mol. The lowest BCUT2D eigenvalue weighted by Crippen LogP contribution is -2.22. The van der Waals surface area contributed by atoms with E-state index in [1.165, 1.54) is 36.5 Å². The van der Waals surface area contributed by atoms with Crippen molar-refractivity contribution in [3.05, 3.63) is 48.1 Å². The highest BCUT2D eigenvalue weighted by Gasteiger charge is 2.30. The van der Waals surface area contributed by atoms with Gasteiger partial charge in [0.25, 0.3) is 0 Å². The van der Waals surface area contributed by atoms with Crippen molar-refractivity contribution in [2.45, 2.75) is 6.36 Å². The topological polar surface area (TPSA) is 61.9 Å². The van der Waals surface area contributed by atoms with E-state index in [1.54, 1.807) is 6.07 Å². The van der Waals surface area contributed by atoms with Gasteiger partial charge in [-0.2, -0.15) is 0 Å². The molecule has 2 rings (SSSR count). The van der Waals surface area contributed by atoms with E-state index >= 15 is 0 Å². The van der Waals surface area contributed by atoms with Crippen LogP contribution < -0.4 is 10.2 Å². The van der Waals surface area contributed by atoms with Crippen LogP contribution in [0.25, 0.3) is 11.1 Å². The van der Waals surface area contributed by atoms with Crippen molar-refractivity contribution >= 4 is 16.9 Å². The first-order valence-corrected chi connectivity index (χ1v) is 6.02. The van der Waals surface area contributed by atoms with Gasteiger partial charge in [0.15, 0.2) is 0 Å². The van der Waals surface area contributed by atoms with Crippen LogP contribution in [0.1, 0.15) is 0 Å². The fraction of sp³-hybridized carbons (Fsp3) is 0.0769. The molecule has 0 atom stereocenters. The van der Waals surface area contributed by atoms with E-state index in [4.69, 9.17) is 22.4 Å². The van der Waals surface area contributed by atoms with Crippen LogP contribution in [0.5, 0.6) is 5.75 Å². The first kappa shape index (κ1) is 15.1. The van der Waals surface area contributed by atoms with Crippen molar-refractivity contribution in [2.75, 3.05) is 0 Å². The first-order chi connectivity index (χ1) is 9.76. The third-order valence-electron chi connectivity index (χ3n) is 2.58. The maximum atomic E-state index is 12.1. The standard InChI is InChI=1S/C13H9ClF3N3O/c14-12(19)20-7-9(3-6-11(20)18)8-1-4-10(5-2-8)21-13(15,16)17/h1-7,18-19H. The summed E-state index contributed by atoms with van der Waals surface area (Å²) in [5.41, 5.74) is 1.24. The van der Waals surface area contributed by atoms with Crippen LogP contribution in [0.2, 0.25) is 0 Å². The van der Waals surface area contributed by atoms with Crippen LogP contribution in [-0.2, 0) is 0 Å². The van der Waals surface area contributed by atoms with Crippen molar-refractivity contribution in [3.8, 4) is 16.9 Å². The van der Waals surface area contributed by atoms with E-state index in [1.807, 2.05) is 0 Å². The lowest BCUT2D eigenvalue weighted by atomic mass is 10.1. The van der Waals surface area contributed by atoms with Gasteiger partial charge in [-0.1, -0.05) is 12.1 Å². The van der Waals surface area contributed by atoms with Crippen LogP contribution >= 0.6 is 11.6 Å². The molecular formula is C13H9ClF3N3O. The van der Waals surface area contributed by atoms with E-state index in [0.717, 1.165) is 4.57 Å². The summed E-state index contributed by atoms with van der Waals surface area (Å²) < 4.78 is 41.1. The number of pyridine rings is 1. The summed E-state index contributed by atoms with van der Waals surface area (Å²) >= 11 is 5.55. The Hall–Kier alpha value is -2.28. The van der Waals surface area contributed by atoms with Crippen LogP contribution in [-0.4, -0.2) is 16.2 Å². The molecule has 0 saturated carbocycles. The van der Waals surface area contributed by atoms with Crippen molar-refractivity contribution in [3.63, 3.8) is 0 Å². The summed E-state index contributed by atoms with van der Waals surface area (Å²) in [6.45, 7) is 0. The molecule has 1 aromatic heterocycles. The van der Waals surface area contributed by atoms with Crippen molar-refractivity contribution in [2.24, 2.45) is 0 Å². The summed E-state index contributed by atoms with van der Waals surface area (Å²) in [6.07, 6.45) is -3.28. The van der Waals surface area contributed by atoms with Crippen LogP contribution in [0.4, 0.5) is 13.2 Å². The van der Waals surface area contributed by atoms with Gasteiger partial charge in [-0.3, -0.25) is 15.4 Å². The molecule has 0 aliphatic rings. The normalized spacial score (nSPS) is 11.2. The summed E-state index contributed by atoms with van der Waals surface area (Å²) in [4.78, 5) is 0. The number of aromatic nitrogens is 1. The number of rotatable bonds is 2. The molecule has 0 fully saturated rings. The molecule has 0 spiro atoms. The maximum absolute atomic E-state index is 12.1. The number of hydrogen-bond acceptors (Lipinski definition) is 3. The molecule has 0 aliphatic heterocycles. The van der Waals surface area contributed by atoms with Gasteiger partial charge in [-0.05, 0) is 47.0 Å². The molecule has 8 heteroatoms. The highest BCUT2D eigenvalue weighted by atomic mass is 35.5. The fourth-order valence-corrected chi connectivity index (χ4v) is 1.82. The number of nitrogens with zero attached hydrogens (tertiary/aromatic N) is 1. The SMILES string of the molecule is N=C(Cl)n1cc(-c2ccc(OC(F)(F)F)cc2)ccc1=N. The molecule has 1 aromatic carbocycles.